The second kappa shape index (κ2) is 13.3. The summed E-state index contributed by atoms with van der Waals surface area (Å²) in [6, 6.07) is 4.67. The molecule has 2 amide bonds. The SMILES string of the molecule is C[C@@H]1CO[C@@H](C)CN1C[C@H]1CN(C(=O)OC(C)(C)C)[C@H](C)CN1CC(=O)N1CC(C)(C)c2cc(=O)n(Cc3ccc(F)cc3F)cc21. The molecule has 258 valence electrons. The van der Waals surface area contributed by atoms with Crippen LogP contribution in [-0.4, -0.2) is 107 Å². The summed E-state index contributed by atoms with van der Waals surface area (Å²) in [4.78, 5) is 48.6. The maximum absolute atomic E-state index is 14.5. The van der Waals surface area contributed by atoms with Gasteiger partial charge in [-0.3, -0.25) is 19.4 Å². The van der Waals surface area contributed by atoms with E-state index >= 15 is 0 Å². The third-order valence-corrected chi connectivity index (χ3v) is 9.44. The first-order valence-electron chi connectivity index (χ1n) is 16.5. The average molecular weight is 658 g/mol. The van der Waals surface area contributed by atoms with E-state index in [-0.39, 0.29) is 60.4 Å². The smallest absolute Gasteiger partial charge is 0.410 e. The lowest BCUT2D eigenvalue weighted by Crippen LogP contribution is -2.64. The molecule has 0 aliphatic carbocycles. The van der Waals surface area contributed by atoms with Gasteiger partial charge in [0.1, 0.15) is 17.2 Å². The van der Waals surface area contributed by atoms with Crippen LogP contribution >= 0.6 is 0 Å². The summed E-state index contributed by atoms with van der Waals surface area (Å²) < 4.78 is 41.0. The van der Waals surface area contributed by atoms with E-state index in [9.17, 15) is 23.2 Å². The first kappa shape index (κ1) is 35.0. The standard InChI is InChI=1S/C35H49F2N5O5/c1-22-13-39(27(16-38-14-24(3)46-20-23(38)2)17-41(22)33(45)47-34(4,5)6)19-32(44)42-21-35(7,8)28-12-31(43)40(18-30(28)42)15-25-9-10-26(36)11-29(25)37/h9-12,18,22-24,27H,13-17,19-21H2,1-8H3/t22-,23-,24+,27+/m1/s1. The molecule has 0 unspecified atom stereocenters. The number of fused-ring (bicyclic) bond motifs is 1. The van der Waals surface area contributed by atoms with E-state index in [2.05, 4.69) is 16.7 Å². The molecule has 1 aromatic heterocycles. The van der Waals surface area contributed by atoms with Crippen molar-refractivity contribution in [3.05, 3.63) is 63.6 Å². The summed E-state index contributed by atoms with van der Waals surface area (Å²) in [5, 5.41) is 0. The molecule has 4 heterocycles. The van der Waals surface area contributed by atoms with Crippen LogP contribution in [0.15, 0.2) is 35.3 Å². The van der Waals surface area contributed by atoms with Crippen LogP contribution in [0.4, 0.5) is 19.3 Å². The van der Waals surface area contributed by atoms with Gasteiger partial charge in [0.15, 0.2) is 0 Å². The number of aromatic nitrogens is 1. The van der Waals surface area contributed by atoms with Crippen molar-refractivity contribution in [2.75, 3.05) is 50.8 Å². The number of benzene rings is 1. The van der Waals surface area contributed by atoms with Gasteiger partial charge in [-0.05, 0) is 53.2 Å². The zero-order valence-electron chi connectivity index (χ0n) is 28.9. The summed E-state index contributed by atoms with van der Waals surface area (Å²) in [7, 11) is 0. The largest absolute Gasteiger partial charge is 0.444 e. The van der Waals surface area contributed by atoms with E-state index in [4.69, 9.17) is 9.47 Å². The molecule has 2 aromatic rings. The average Bonchev–Trinajstić information content (AvgIpc) is 3.22. The molecule has 10 nitrogen and oxygen atoms in total. The zero-order chi connectivity index (χ0) is 34.4. The Hall–Kier alpha value is -3.35. The van der Waals surface area contributed by atoms with E-state index in [1.54, 1.807) is 16.0 Å². The van der Waals surface area contributed by atoms with Crippen molar-refractivity contribution < 1.29 is 27.8 Å². The number of piperazine rings is 1. The first-order valence-corrected chi connectivity index (χ1v) is 16.5. The minimum atomic E-state index is -0.736. The highest BCUT2D eigenvalue weighted by Gasteiger charge is 2.42. The Bertz CT molecular complexity index is 1560. The molecule has 0 radical (unpaired) electrons. The Balaban J connectivity index is 1.40. The highest BCUT2D eigenvalue weighted by molar-refractivity contribution is 5.97. The van der Waals surface area contributed by atoms with Crippen LogP contribution in [0.25, 0.3) is 0 Å². The Labute approximate surface area is 276 Å². The van der Waals surface area contributed by atoms with E-state index < -0.39 is 22.7 Å². The summed E-state index contributed by atoms with van der Waals surface area (Å²) in [5.41, 5.74) is 0.0986. The van der Waals surface area contributed by atoms with Gasteiger partial charge < -0.3 is 23.8 Å². The molecule has 0 saturated carbocycles. The molecule has 12 heteroatoms. The normalized spacial score (nSPS) is 25.1. The number of pyridine rings is 1. The van der Waals surface area contributed by atoms with Crippen molar-refractivity contribution in [2.45, 2.75) is 97.2 Å². The van der Waals surface area contributed by atoms with Gasteiger partial charge in [-0.15, -0.1) is 0 Å². The molecule has 4 atom stereocenters. The summed E-state index contributed by atoms with van der Waals surface area (Å²) >= 11 is 0. The van der Waals surface area contributed by atoms with E-state index in [0.29, 0.717) is 38.5 Å². The number of hydrogen-bond donors (Lipinski definition) is 0. The molecule has 0 bridgehead atoms. The molecular formula is C35H49F2N5O5. The summed E-state index contributed by atoms with van der Waals surface area (Å²) in [5.74, 6) is -1.55. The number of ether oxygens (including phenoxy) is 2. The number of morpholine rings is 1. The summed E-state index contributed by atoms with van der Waals surface area (Å²) in [6.45, 7) is 19.0. The van der Waals surface area contributed by atoms with Crippen molar-refractivity contribution in [3.63, 3.8) is 0 Å². The van der Waals surface area contributed by atoms with Crippen LogP contribution in [0, 0.1) is 11.6 Å². The Kier molecular flexibility index (Phi) is 9.88. The third kappa shape index (κ3) is 7.87. The lowest BCUT2D eigenvalue weighted by Gasteiger charge is -2.48. The van der Waals surface area contributed by atoms with Crippen LogP contribution < -0.4 is 10.5 Å². The molecule has 0 spiro atoms. The number of halogens is 2. The van der Waals surface area contributed by atoms with Crippen LogP contribution in [0.2, 0.25) is 0 Å². The van der Waals surface area contributed by atoms with Gasteiger partial charge in [-0.1, -0.05) is 19.9 Å². The van der Waals surface area contributed by atoms with Crippen molar-refractivity contribution in [1.82, 2.24) is 19.3 Å². The van der Waals surface area contributed by atoms with Crippen LogP contribution in [0.3, 0.4) is 0 Å². The number of rotatable bonds is 6. The second-order valence-corrected chi connectivity index (χ2v) is 15.1. The summed E-state index contributed by atoms with van der Waals surface area (Å²) in [6.07, 6.45) is 1.33. The predicted molar refractivity (Wildman–Crippen MR) is 176 cm³/mol. The first-order chi connectivity index (χ1) is 21.9. The molecule has 3 aliphatic heterocycles. The fourth-order valence-electron chi connectivity index (χ4n) is 6.87. The number of amides is 2. The van der Waals surface area contributed by atoms with Gasteiger partial charge in [0, 0.05) is 80.2 Å². The van der Waals surface area contributed by atoms with Crippen molar-refractivity contribution in [1.29, 1.82) is 0 Å². The lowest BCUT2D eigenvalue weighted by atomic mass is 9.87. The molecule has 5 rings (SSSR count). The Morgan fingerprint density at radius 2 is 1.74 bits per heavy atom. The van der Waals surface area contributed by atoms with Gasteiger partial charge in [0.2, 0.25) is 5.91 Å². The lowest BCUT2D eigenvalue weighted by molar-refractivity contribution is -0.122. The monoisotopic (exact) mass is 657 g/mol. The van der Waals surface area contributed by atoms with Gasteiger partial charge in [-0.2, -0.15) is 0 Å². The molecule has 0 N–H and O–H groups in total. The predicted octanol–water partition coefficient (Wildman–Crippen LogP) is 4.22. The third-order valence-electron chi connectivity index (χ3n) is 9.44. The van der Waals surface area contributed by atoms with Gasteiger partial charge >= 0.3 is 6.09 Å². The van der Waals surface area contributed by atoms with Crippen LogP contribution in [-0.2, 0) is 26.2 Å². The zero-order valence-corrected chi connectivity index (χ0v) is 28.9. The van der Waals surface area contributed by atoms with Crippen molar-refractivity contribution in [2.24, 2.45) is 0 Å². The number of carbonyl (C=O) groups excluding carboxylic acids is 2. The Morgan fingerprint density at radius 3 is 2.43 bits per heavy atom. The molecule has 1 aromatic carbocycles. The fourth-order valence-corrected chi connectivity index (χ4v) is 6.87. The molecular weight excluding hydrogens is 608 g/mol. The second-order valence-electron chi connectivity index (χ2n) is 15.1. The topological polar surface area (TPSA) is 87.6 Å². The van der Waals surface area contributed by atoms with E-state index in [1.165, 1.54) is 16.7 Å². The van der Waals surface area contributed by atoms with Crippen LogP contribution in [0.1, 0.15) is 66.5 Å². The molecule has 2 fully saturated rings. The van der Waals surface area contributed by atoms with Crippen molar-refractivity contribution >= 4 is 17.7 Å². The maximum atomic E-state index is 14.5. The minimum Gasteiger partial charge on any atom is -0.444 e. The number of hydrogen-bond acceptors (Lipinski definition) is 7. The molecule has 47 heavy (non-hydrogen) atoms. The highest BCUT2D eigenvalue weighted by Crippen LogP contribution is 2.40. The van der Waals surface area contributed by atoms with Crippen molar-refractivity contribution in [3.8, 4) is 0 Å². The van der Waals surface area contributed by atoms with Gasteiger partial charge in [0.05, 0.1) is 31.5 Å². The minimum absolute atomic E-state index is 0.0788. The van der Waals surface area contributed by atoms with Gasteiger partial charge in [-0.25, -0.2) is 13.6 Å². The van der Waals surface area contributed by atoms with Gasteiger partial charge in [0.25, 0.3) is 5.56 Å². The molecule has 2 saturated heterocycles. The van der Waals surface area contributed by atoms with E-state index in [1.807, 2.05) is 48.5 Å². The quantitative estimate of drug-likeness (QED) is 0.460. The number of carbonyl (C=O) groups is 2. The maximum Gasteiger partial charge on any atom is 0.410 e. The fraction of sp³-hybridized carbons (Fsp3) is 0.629. The van der Waals surface area contributed by atoms with E-state index in [0.717, 1.165) is 24.2 Å². The Morgan fingerprint density at radius 1 is 1.02 bits per heavy atom. The highest BCUT2D eigenvalue weighted by atomic mass is 19.1. The molecule has 3 aliphatic rings. The van der Waals surface area contributed by atoms with Crippen LogP contribution in [0.5, 0.6) is 0 Å². The number of nitrogens with zero attached hydrogens (tertiary/aromatic N) is 5. The number of anilines is 1.